The first kappa shape index (κ1) is 57.8. The van der Waals surface area contributed by atoms with Gasteiger partial charge in [-0.15, -0.1) is 0 Å². The van der Waals surface area contributed by atoms with Crippen LogP contribution in [0.2, 0.25) is 0 Å². The van der Waals surface area contributed by atoms with Gasteiger partial charge in [0.25, 0.3) is 0 Å². The zero-order valence-corrected chi connectivity index (χ0v) is 40.6. The van der Waals surface area contributed by atoms with Gasteiger partial charge in [-0.2, -0.15) is 0 Å². The van der Waals surface area contributed by atoms with Crippen molar-refractivity contribution >= 4 is 13.8 Å². The Kier molecular flexibility index (Phi) is 42.6. The maximum Gasteiger partial charge on any atom is 0.472 e. The van der Waals surface area contributed by atoms with E-state index in [0.29, 0.717) is 17.4 Å². The maximum atomic E-state index is 12.7. The van der Waals surface area contributed by atoms with Gasteiger partial charge in [-0.25, -0.2) is 4.57 Å². The Morgan fingerprint density at radius 2 is 0.898 bits per heavy atom. The molecule has 9 heteroatoms. The number of likely N-dealkylation sites (N-methyl/N-ethyl adjacent to an activating group) is 1. The molecule has 0 aliphatic carbocycles. The number of phosphoric acid groups is 1. The number of carbonyl (C=O) groups excluding carboxylic acids is 1. The fourth-order valence-corrected chi connectivity index (χ4v) is 7.91. The van der Waals surface area contributed by atoms with Crippen LogP contribution < -0.4 is 0 Å². The van der Waals surface area contributed by atoms with Gasteiger partial charge in [0.05, 0.1) is 34.0 Å². The van der Waals surface area contributed by atoms with E-state index in [1.165, 1.54) is 186 Å². The molecule has 59 heavy (non-hydrogen) atoms. The molecular weight excluding hydrogens is 758 g/mol. The first-order valence-electron chi connectivity index (χ1n) is 25.1. The Labute approximate surface area is 366 Å². The summed E-state index contributed by atoms with van der Waals surface area (Å²) in [5, 5.41) is 0. The smallest absolute Gasteiger partial charge is 0.472 e. The minimum atomic E-state index is -4.30. The number of rotatable bonds is 47. The fourth-order valence-electron chi connectivity index (χ4n) is 7.17. The molecule has 0 aromatic heterocycles. The van der Waals surface area contributed by atoms with Gasteiger partial charge < -0.3 is 18.9 Å². The molecule has 8 nitrogen and oxygen atoms in total. The standard InChI is InChI=1S/C50H98NO7P/c1-6-8-10-12-14-16-18-20-22-23-24-25-26-27-28-29-30-31-33-35-37-39-41-43-50(52)58-49(48-57-59(53,54)56-46-44-51(3,4)5)47-55-45-42-40-38-36-34-32-21-19-17-15-13-11-9-7-2/h35,37,42,45,49H,6-34,36,38-41,43-44,46-48H2,1-5H3/p+1/b37-35+,45-42+/t49-/m1/s1. The van der Waals surface area contributed by atoms with Crippen molar-refractivity contribution in [3.63, 3.8) is 0 Å². The lowest BCUT2D eigenvalue weighted by atomic mass is 10.0. The van der Waals surface area contributed by atoms with Crippen LogP contribution in [0, 0.1) is 0 Å². The first-order valence-corrected chi connectivity index (χ1v) is 26.6. The highest BCUT2D eigenvalue weighted by atomic mass is 31.2. The highest BCUT2D eigenvalue weighted by Gasteiger charge is 2.26. The number of ether oxygens (including phenoxy) is 2. The van der Waals surface area contributed by atoms with Gasteiger partial charge >= 0.3 is 13.8 Å². The summed E-state index contributed by atoms with van der Waals surface area (Å²) < 4.78 is 34.8. The van der Waals surface area contributed by atoms with Crippen molar-refractivity contribution in [1.29, 1.82) is 0 Å². The van der Waals surface area contributed by atoms with Gasteiger partial charge in [0.2, 0.25) is 0 Å². The number of hydrogen-bond donors (Lipinski definition) is 1. The molecule has 0 bridgehead atoms. The molecule has 350 valence electrons. The number of quaternary nitrogens is 1. The first-order chi connectivity index (χ1) is 28.6. The Hall–Kier alpha value is -1.18. The van der Waals surface area contributed by atoms with Crippen LogP contribution in [0.5, 0.6) is 0 Å². The van der Waals surface area contributed by atoms with Gasteiger partial charge in [-0.1, -0.05) is 206 Å². The van der Waals surface area contributed by atoms with Crippen molar-refractivity contribution in [1.82, 2.24) is 0 Å². The van der Waals surface area contributed by atoms with Crippen LogP contribution in [0.4, 0.5) is 0 Å². The van der Waals surface area contributed by atoms with Gasteiger partial charge in [0, 0.05) is 6.42 Å². The van der Waals surface area contributed by atoms with E-state index >= 15 is 0 Å². The van der Waals surface area contributed by atoms with Crippen LogP contribution in [0.15, 0.2) is 24.5 Å². The summed E-state index contributed by atoms with van der Waals surface area (Å²) >= 11 is 0. The van der Waals surface area contributed by atoms with Crippen molar-refractivity contribution in [2.45, 2.75) is 245 Å². The van der Waals surface area contributed by atoms with Crippen LogP contribution in [-0.2, 0) is 27.9 Å². The van der Waals surface area contributed by atoms with E-state index < -0.39 is 13.9 Å². The summed E-state index contributed by atoms with van der Waals surface area (Å²) in [7, 11) is 1.63. The molecule has 0 fully saturated rings. The number of carbonyl (C=O) groups is 1. The van der Waals surface area contributed by atoms with Crippen LogP contribution in [0.1, 0.15) is 239 Å². The van der Waals surface area contributed by atoms with Crippen molar-refractivity contribution in [2.75, 3.05) is 47.5 Å². The molecule has 0 saturated carbocycles. The molecule has 1 unspecified atom stereocenters. The summed E-state index contributed by atoms with van der Waals surface area (Å²) in [4.78, 5) is 22.9. The van der Waals surface area contributed by atoms with Gasteiger partial charge in [-0.3, -0.25) is 13.8 Å². The zero-order valence-electron chi connectivity index (χ0n) is 39.8. The summed E-state index contributed by atoms with van der Waals surface area (Å²) in [6, 6.07) is 0. The Bertz CT molecular complexity index is 998. The highest BCUT2D eigenvalue weighted by molar-refractivity contribution is 7.47. The van der Waals surface area contributed by atoms with Crippen molar-refractivity contribution in [2.24, 2.45) is 0 Å². The monoisotopic (exact) mass is 857 g/mol. The van der Waals surface area contributed by atoms with E-state index in [4.69, 9.17) is 18.5 Å². The average Bonchev–Trinajstić information content (AvgIpc) is 3.19. The quantitative estimate of drug-likeness (QED) is 0.0163. The molecule has 0 heterocycles. The Morgan fingerprint density at radius 1 is 0.525 bits per heavy atom. The van der Waals surface area contributed by atoms with E-state index in [-0.39, 0.29) is 32.2 Å². The number of esters is 1. The number of nitrogens with zero attached hydrogens (tertiary/aromatic N) is 1. The van der Waals surface area contributed by atoms with E-state index in [0.717, 1.165) is 25.7 Å². The molecule has 2 atom stereocenters. The predicted molar refractivity (Wildman–Crippen MR) is 252 cm³/mol. The van der Waals surface area contributed by atoms with Crippen LogP contribution in [-0.4, -0.2) is 69.0 Å². The predicted octanol–water partition coefficient (Wildman–Crippen LogP) is 15.5. The van der Waals surface area contributed by atoms with Gasteiger partial charge in [0.15, 0.2) is 6.10 Å². The number of allylic oxidation sites excluding steroid dienone is 3. The van der Waals surface area contributed by atoms with Crippen LogP contribution >= 0.6 is 7.82 Å². The molecule has 0 radical (unpaired) electrons. The lowest BCUT2D eigenvalue weighted by Gasteiger charge is -2.24. The van der Waals surface area contributed by atoms with Crippen molar-refractivity contribution in [3.05, 3.63) is 24.5 Å². The highest BCUT2D eigenvalue weighted by Crippen LogP contribution is 2.43. The maximum absolute atomic E-state index is 12.7. The second-order valence-electron chi connectivity index (χ2n) is 18.3. The molecule has 0 saturated heterocycles. The lowest BCUT2D eigenvalue weighted by molar-refractivity contribution is -0.870. The van der Waals surface area contributed by atoms with E-state index in [2.05, 4.69) is 26.0 Å². The topological polar surface area (TPSA) is 91.3 Å². The third-order valence-corrected chi connectivity index (χ3v) is 12.1. The molecule has 1 N–H and O–H groups in total. The number of hydrogen-bond acceptors (Lipinski definition) is 6. The molecule has 0 aromatic rings. The summed E-state index contributed by atoms with van der Waals surface area (Å²) in [5.41, 5.74) is 0. The molecule has 0 spiro atoms. The van der Waals surface area contributed by atoms with Gasteiger partial charge in [-0.05, 0) is 44.6 Å². The molecule has 0 aliphatic rings. The van der Waals surface area contributed by atoms with Crippen molar-refractivity contribution < 1.29 is 37.3 Å². The van der Waals surface area contributed by atoms with E-state index in [1.54, 1.807) is 6.26 Å². The van der Waals surface area contributed by atoms with Crippen molar-refractivity contribution in [3.8, 4) is 0 Å². The lowest BCUT2D eigenvalue weighted by Crippen LogP contribution is -2.37. The normalized spacial score (nSPS) is 13.7. The second-order valence-corrected chi connectivity index (χ2v) is 19.7. The fraction of sp³-hybridized carbons (Fsp3) is 0.900. The van der Waals surface area contributed by atoms with E-state index in [1.807, 2.05) is 27.2 Å². The summed E-state index contributed by atoms with van der Waals surface area (Å²) in [5.74, 6) is -0.363. The summed E-state index contributed by atoms with van der Waals surface area (Å²) in [6.07, 6.45) is 51.9. The third-order valence-electron chi connectivity index (χ3n) is 11.1. The third kappa shape index (κ3) is 47.7. The zero-order chi connectivity index (χ0) is 43.4. The summed E-state index contributed by atoms with van der Waals surface area (Å²) in [6.45, 7) is 4.94. The molecule has 0 rings (SSSR count). The van der Waals surface area contributed by atoms with Crippen LogP contribution in [0.25, 0.3) is 0 Å². The molecule has 0 amide bonds. The average molecular weight is 857 g/mol. The second kappa shape index (κ2) is 43.5. The number of unbranched alkanes of at least 4 members (excludes halogenated alkanes) is 31. The SMILES string of the molecule is CCCCCCCCCCCCCC/C=C/OC[C@H](COP(=O)(O)OCC[N+](C)(C)C)OC(=O)CCC/C=C/CCCCCCCCCCCCCCCCCCCC. The Morgan fingerprint density at radius 3 is 1.31 bits per heavy atom. The van der Waals surface area contributed by atoms with Gasteiger partial charge in [0.1, 0.15) is 19.8 Å². The number of phosphoric ester groups is 1. The minimum absolute atomic E-state index is 0.0405. The largest absolute Gasteiger partial charge is 0.498 e. The Balaban J connectivity index is 4.16. The molecular formula is C50H99NO7P+. The molecule has 0 aromatic carbocycles. The van der Waals surface area contributed by atoms with E-state index in [9.17, 15) is 14.3 Å². The molecule has 0 aliphatic heterocycles. The van der Waals surface area contributed by atoms with Crippen LogP contribution in [0.3, 0.4) is 0 Å². The minimum Gasteiger partial charge on any atom is -0.498 e.